The minimum absolute atomic E-state index is 0.0990. The monoisotopic (exact) mass is 264 g/mol. The van der Waals surface area contributed by atoms with Gasteiger partial charge < -0.3 is 5.32 Å². The van der Waals surface area contributed by atoms with E-state index < -0.39 is 0 Å². The van der Waals surface area contributed by atoms with Crippen molar-refractivity contribution in [2.45, 2.75) is 19.5 Å². The van der Waals surface area contributed by atoms with Crippen LogP contribution >= 0.6 is 11.6 Å². The molecule has 1 aromatic carbocycles. The van der Waals surface area contributed by atoms with Gasteiger partial charge in [-0.15, -0.1) is 0 Å². The van der Waals surface area contributed by atoms with Crippen molar-refractivity contribution in [3.63, 3.8) is 0 Å². The summed E-state index contributed by atoms with van der Waals surface area (Å²) >= 11 is 6.11. The molecule has 94 valence electrons. The second-order valence-corrected chi connectivity index (χ2v) is 4.54. The highest BCUT2D eigenvalue weighted by Gasteiger charge is 2.08. The summed E-state index contributed by atoms with van der Waals surface area (Å²) in [4.78, 5) is 3.81. The average molecular weight is 265 g/mol. The standard InChI is InChI=1S/C14H14ClFN2/c1-10(13-4-2-3-5-14(13)15)18-8-11-6-12(16)9-17-7-11/h2-7,9-10,18H,8H2,1H3. The zero-order valence-electron chi connectivity index (χ0n) is 10.0. The maximum atomic E-state index is 13.0. The van der Waals surface area contributed by atoms with Crippen LogP contribution in [0.5, 0.6) is 0 Å². The molecule has 4 heteroatoms. The van der Waals surface area contributed by atoms with Crippen molar-refractivity contribution in [3.8, 4) is 0 Å². The Hall–Kier alpha value is -1.45. The molecule has 0 bridgehead atoms. The molecule has 0 radical (unpaired) electrons. The zero-order valence-corrected chi connectivity index (χ0v) is 10.8. The fourth-order valence-electron chi connectivity index (χ4n) is 1.76. The molecule has 18 heavy (non-hydrogen) atoms. The Kier molecular flexibility index (Phi) is 4.28. The third-order valence-electron chi connectivity index (χ3n) is 2.75. The molecule has 0 aliphatic rings. The van der Waals surface area contributed by atoms with E-state index in [9.17, 15) is 4.39 Å². The molecule has 2 rings (SSSR count). The van der Waals surface area contributed by atoms with Gasteiger partial charge in [-0.1, -0.05) is 29.8 Å². The van der Waals surface area contributed by atoms with Gasteiger partial charge in [-0.05, 0) is 30.2 Å². The summed E-state index contributed by atoms with van der Waals surface area (Å²) in [6.45, 7) is 2.57. The van der Waals surface area contributed by atoms with E-state index in [0.717, 1.165) is 16.1 Å². The second-order valence-electron chi connectivity index (χ2n) is 4.14. The fourth-order valence-corrected chi connectivity index (χ4v) is 2.06. The smallest absolute Gasteiger partial charge is 0.141 e. The maximum absolute atomic E-state index is 13.0. The van der Waals surface area contributed by atoms with Crippen LogP contribution in [0.15, 0.2) is 42.7 Å². The molecule has 0 aliphatic heterocycles. The number of hydrogen-bond donors (Lipinski definition) is 1. The van der Waals surface area contributed by atoms with Crippen molar-refractivity contribution >= 4 is 11.6 Å². The highest BCUT2D eigenvalue weighted by atomic mass is 35.5. The van der Waals surface area contributed by atoms with Gasteiger partial charge in [0.25, 0.3) is 0 Å². The third-order valence-corrected chi connectivity index (χ3v) is 3.09. The van der Waals surface area contributed by atoms with Gasteiger partial charge in [0, 0.05) is 23.8 Å². The fraction of sp³-hybridized carbons (Fsp3) is 0.214. The van der Waals surface area contributed by atoms with Crippen LogP contribution in [-0.4, -0.2) is 4.98 Å². The van der Waals surface area contributed by atoms with E-state index in [4.69, 9.17) is 11.6 Å². The molecule has 0 spiro atoms. The van der Waals surface area contributed by atoms with Crippen LogP contribution in [-0.2, 0) is 6.54 Å². The normalized spacial score (nSPS) is 12.4. The van der Waals surface area contributed by atoms with Crippen molar-refractivity contribution in [2.75, 3.05) is 0 Å². The van der Waals surface area contributed by atoms with Gasteiger partial charge in [-0.2, -0.15) is 0 Å². The average Bonchev–Trinajstić information content (AvgIpc) is 2.37. The van der Waals surface area contributed by atoms with E-state index >= 15 is 0 Å². The lowest BCUT2D eigenvalue weighted by atomic mass is 10.1. The summed E-state index contributed by atoms with van der Waals surface area (Å²) in [7, 11) is 0. The quantitative estimate of drug-likeness (QED) is 0.910. The first-order valence-corrected chi connectivity index (χ1v) is 6.12. The van der Waals surface area contributed by atoms with E-state index in [1.165, 1.54) is 12.3 Å². The second kappa shape index (κ2) is 5.94. The highest BCUT2D eigenvalue weighted by molar-refractivity contribution is 6.31. The number of hydrogen-bond acceptors (Lipinski definition) is 2. The summed E-state index contributed by atoms with van der Waals surface area (Å²) < 4.78 is 13.0. The molecule has 1 atom stereocenters. The van der Waals surface area contributed by atoms with Crippen LogP contribution in [0.1, 0.15) is 24.1 Å². The SMILES string of the molecule is CC(NCc1cncc(F)c1)c1ccccc1Cl. The van der Waals surface area contributed by atoms with E-state index in [-0.39, 0.29) is 11.9 Å². The van der Waals surface area contributed by atoms with Crippen LogP contribution in [0, 0.1) is 5.82 Å². The molecule has 1 unspecified atom stereocenters. The maximum Gasteiger partial charge on any atom is 0.141 e. The molecule has 2 nitrogen and oxygen atoms in total. The molecule has 2 aromatic rings. The number of nitrogens with zero attached hydrogens (tertiary/aromatic N) is 1. The molecule has 1 N–H and O–H groups in total. The largest absolute Gasteiger partial charge is 0.306 e. The van der Waals surface area contributed by atoms with Crippen molar-refractivity contribution in [3.05, 3.63) is 64.7 Å². The van der Waals surface area contributed by atoms with E-state index in [2.05, 4.69) is 10.3 Å². The molecule has 0 saturated heterocycles. The molecular formula is C14H14ClFN2. The first-order valence-electron chi connectivity index (χ1n) is 5.74. The van der Waals surface area contributed by atoms with Gasteiger partial charge in [-0.25, -0.2) is 4.39 Å². The number of rotatable bonds is 4. The summed E-state index contributed by atoms with van der Waals surface area (Å²) in [5, 5.41) is 4.02. The topological polar surface area (TPSA) is 24.9 Å². The Labute approximate surface area is 111 Å². The molecule has 0 aliphatic carbocycles. The van der Waals surface area contributed by atoms with Gasteiger partial charge in [-0.3, -0.25) is 4.98 Å². The van der Waals surface area contributed by atoms with Crippen molar-refractivity contribution in [1.82, 2.24) is 10.3 Å². The molecule has 1 heterocycles. The van der Waals surface area contributed by atoms with Crippen LogP contribution in [0.25, 0.3) is 0 Å². The minimum Gasteiger partial charge on any atom is -0.306 e. The van der Waals surface area contributed by atoms with Crippen LogP contribution in [0.2, 0.25) is 5.02 Å². The highest BCUT2D eigenvalue weighted by Crippen LogP contribution is 2.22. The van der Waals surface area contributed by atoms with Crippen LogP contribution < -0.4 is 5.32 Å². The van der Waals surface area contributed by atoms with Crippen LogP contribution in [0.4, 0.5) is 4.39 Å². The lowest BCUT2D eigenvalue weighted by Gasteiger charge is -2.15. The Morgan fingerprint density at radius 2 is 2.11 bits per heavy atom. The third kappa shape index (κ3) is 3.28. The Bertz CT molecular complexity index is 531. The van der Waals surface area contributed by atoms with Crippen molar-refractivity contribution in [1.29, 1.82) is 0 Å². The lowest BCUT2D eigenvalue weighted by Crippen LogP contribution is -2.18. The number of halogens is 2. The van der Waals surface area contributed by atoms with Gasteiger partial charge in [0.05, 0.1) is 6.20 Å². The molecule has 1 aromatic heterocycles. The summed E-state index contributed by atoms with van der Waals surface area (Å²) in [6, 6.07) is 9.25. The zero-order chi connectivity index (χ0) is 13.0. The number of pyridine rings is 1. The Morgan fingerprint density at radius 1 is 1.33 bits per heavy atom. The predicted molar refractivity (Wildman–Crippen MR) is 70.9 cm³/mol. The van der Waals surface area contributed by atoms with Gasteiger partial charge >= 0.3 is 0 Å². The lowest BCUT2D eigenvalue weighted by molar-refractivity contribution is 0.567. The molecule has 0 amide bonds. The predicted octanol–water partition coefficient (Wildman–Crippen LogP) is 3.72. The minimum atomic E-state index is -0.320. The van der Waals surface area contributed by atoms with E-state index in [1.54, 1.807) is 6.20 Å². The summed E-state index contributed by atoms with van der Waals surface area (Å²) in [5.74, 6) is -0.320. The summed E-state index contributed by atoms with van der Waals surface area (Å²) in [6.07, 6.45) is 2.84. The van der Waals surface area contributed by atoms with Gasteiger partial charge in [0.15, 0.2) is 0 Å². The van der Waals surface area contributed by atoms with E-state index in [0.29, 0.717) is 6.54 Å². The molecular weight excluding hydrogens is 251 g/mol. The van der Waals surface area contributed by atoms with Crippen molar-refractivity contribution < 1.29 is 4.39 Å². The summed E-state index contributed by atoms with van der Waals surface area (Å²) in [5.41, 5.74) is 1.84. The molecule has 0 fully saturated rings. The first-order chi connectivity index (χ1) is 8.66. The van der Waals surface area contributed by atoms with E-state index in [1.807, 2.05) is 31.2 Å². The van der Waals surface area contributed by atoms with Gasteiger partial charge in [0.2, 0.25) is 0 Å². The van der Waals surface area contributed by atoms with Crippen LogP contribution in [0.3, 0.4) is 0 Å². The Morgan fingerprint density at radius 3 is 2.83 bits per heavy atom. The molecule has 0 saturated carbocycles. The first kappa shape index (κ1) is 13.0. The number of benzene rings is 1. The number of aromatic nitrogens is 1. The Balaban J connectivity index is 2.00. The van der Waals surface area contributed by atoms with Gasteiger partial charge in [0.1, 0.15) is 5.82 Å². The van der Waals surface area contributed by atoms with Crippen molar-refractivity contribution in [2.24, 2.45) is 0 Å². The number of nitrogens with one attached hydrogen (secondary N) is 1.